The van der Waals surface area contributed by atoms with Crippen molar-refractivity contribution in [1.29, 1.82) is 0 Å². The summed E-state index contributed by atoms with van der Waals surface area (Å²) in [7, 11) is -2.12. The van der Waals surface area contributed by atoms with Crippen molar-refractivity contribution < 1.29 is 17.9 Å². The van der Waals surface area contributed by atoms with E-state index in [0.717, 1.165) is 11.1 Å². The lowest BCUT2D eigenvalue weighted by molar-refractivity contribution is 0.0950. The molecule has 30 heavy (non-hydrogen) atoms. The first kappa shape index (κ1) is 21.4. The fourth-order valence-electron chi connectivity index (χ4n) is 2.97. The molecule has 0 aliphatic heterocycles. The molecule has 0 atom stereocenters. The Hall–Kier alpha value is -3.32. The average Bonchev–Trinajstić information content (AvgIpc) is 2.73. The lowest BCUT2D eigenvalue weighted by atomic mass is 10.1. The summed E-state index contributed by atoms with van der Waals surface area (Å²) in [4.78, 5) is 12.7. The van der Waals surface area contributed by atoms with E-state index in [-0.39, 0.29) is 10.8 Å². The first-order valence-electron chi connectivity index (χ1n) is 9.40. The Balaban J connectivity index is 1.71. The van der Waals surface area contributed by atoms with Gasteiger partial charge in [-0.05, 0) is 55.8 Å². The van der Waals surface area contributed by atoms with E-state index in [0.29, 0.717) is 29.1 Å². The van der Waals surface area contributed by atoms with E-state index in [2.05, 4.69) is 10.0 Å². The van der Waals surface area contributed by atoms with Gasteiger partial charge >= 0.3 is 0 Å². The molecule has 3 aromatic rings. The average molecular weight is 425 g/mol. The lowest BCUT2D eigenvalue weighted by Gasteiger charge is -2.13. The Labute approximate surface area is 177 Å². The van der Waals surface area contributed by atoms with Gasteiger partial charge in [-0.3, -0.25) is 9.52 Å². The predicted octanol–water partition coefficient (Wildman–Crippen LogP) is 4.04. The maximum atomic E-state index is 12.6. The molecule has 0 aliphatic carbocycles. The summed E-state index contributed by atoms with van der Waals surface area (Å²) in [5.74, 6) is 0.451. The van der Waals surface area contributed by atoms with E-state index in [1.165, 1.54) is 0 Å². The van der Waals surface area contributed by atoms with Gasteiger partial charge in [-0.15, -0.1) is 0 Å². The zero-order valence-corrected chi connectivity index (χ0v) is 17.9. The van der Waals surface area contributed by atoms with E-state index in [1.807, 2.05) is 31.2 Å². The summed E-state index contributed by atoms with van der Waals surface area (Å²) in [5, 5.41) is 2.86. The molecular weight excluding hydrogens is 400 g/mol. The molecule has 0 spiro atoms. The number of aryl methyl sites for hydroxylation is 2. The lowest BCUT2D eigenvalue weighted by Crippen LogP contribution is -2.23. The van der Waals surface area contributed by atoms with E-state index in [9.17, 15) is 13.2 Å². The summed E-state index contributed by atoms with van der Waals surface area (Å²) < 4.78 is 33.1. The van der Waals surface area contributed by atoms with Gasteiger partial charge in [0.25, 0.3) is 15.9 Å². The molecule has 0 radical (unpaired) electrons. The standard InChI is InChI=1S/C23H24N2O4S/c1-16-8-11-20(12-9-16)30(27,28)25-21-13-10-18(14-17(21)2)23(26)24-15-19-6-4-5-7-22(19)29-3/h4-14,25H,15H2,1-3H3,(H,24,26). The number of para-hydroxylation sites is 1. The molecule has 0 unspecified atom stereocenters. The van der Waals surface area contributed by atoms with Crippen LogP contribution in [-0.2, 0) is 16.6 Å². The Morgan fingerprint density at radius 2 is 1.67 bits per heavy atom. The number of hydrogen-bond acceptors (Lipinski definition) is 4. The molecule has 0 aromatic heterocycles. The maximum absolute atomic E-state index is 12.6. The maximum Gasteiger partial charge on any atom is 0.261 e. The van der Waals surface area contributed by atoms with Crippen LogP contribution in [0.1, 0.15) is 27.0 Å². The summed E-state index contributed by atoms with van der Waals surface area (Å²) in [6.45, 7) is 3.97. The van der Waals surface area contributed by atoms with E-state index < -0.39 is 10.0 Å². The SMILES string of the molecule is COc1ccccc1CNC(=O)c1ccc(NS(=O)(=O)c2ccc(C)cc2)c(C)c1. The van der Waals surface area contributed by atoms with Crippen LogP contribution < -0.4 is 14.8 Å². The monoisotopic (exact) mass is 424 g/mol. The Bertz CT molecular complexity index is 1160. The van der Waals surface area contributed by atoms with E-state index in [4.69, 9.17) is 4.74 Å². The van der Waals surface area contributed by atoms with E-state index >= 15 is 0 Å². The molecule has 6 nitrogen and oxygen atoms in total. The van der Waals surface area contributed by atoms with Gasteiger partial charge in [0, 0.05) is 17.7 Å². The smallest absolute Gasteiger partial charge is 0.261 e. The highest BCUT2D eigenvalue weighted by molar-refractivity contribution is 7.92. The minimum absolute atomic E-state index is 0.186. The second kappa shape index (κ2) is 9.00. The van der Waals surface area contributed by atoms with Gasteiger partial charge in [-0.2, -0.15) is 0 Å². The fourth-order valence-corrected chi connectivity index (χ4v) is 4.10. The van der Waals surface area contributed by atoms with Crippen LogP contribution in [0.3, 0.4) is 0 Å². The van der Waals surface area contributed by atoms with Crippen molar-refractivity contribution in [1.82, 2.24) is 5.32 Å². The van der Waals surface area contributed by atoms with Gasteiger partial charge in [0.05, 0.1) is 17.7 Å². The Morgan fingerprint density at radius 1 is 0.967 bits per heavy atom. The molecule has 3 aromatic carbocycles. The quantitative estimate of drug-likeness (QED) is 0.599. The number of sulfonamides is 1. The molecule has 0 saturated carbocycles. The van der Waals surface area contributed by atoms with Crippen molar-refractivity contribution in [2.75, 3.05) is 11.8 Å². The molecular formula is C23H24N2O4S. The largest absolute Gasteiger partial charge is 0.496 e. The van der Waals surface area contributed by atoms with Gasteiger partial charge in [0.15, 0.2) is 0 Å². The van der Waals surface area contributed by atoms with Crippen LogP contribution in [0.4, 0.5) is 5.69 Å². The number of anilines is 1. The third-order valence-electron chi connectivity index (χ3n) is 4.70. The zero-order chi connectivity index (χ0) is 21.7. The summed E-state index contributed by atoms with van der Waals surface area (Å²) in [5.41, 5.74) is 3.37. The number of hydrogen-bond donors (Lipinski definition) is 2. The molecule has 0 aliphatic rings. The summed E-state index contributed by atoms with van der Waals surface area (Å²) >= 11 is 0. The van der Waals surface area contributed by atoms with Crippen molar-refractivity contribution in [3.63, 3.8) is 0 Å². The summed E-state index contributed by atoms with van der Waals surface area (Å²) in [6.07, 6.45) is 0. The van der Waals surface area contributed by atoms with Crippen LogP contribution >= 0.6 is 0 Å². The van der Waals surface area contributed by atoms with Gasteiger partial charge in [-0.25, -0.2) is 8.42 Å². The van der Waals surface area contributed by atoms with Crippen LogP contribution in [0.5, 0.6) is 5.75 Å². The number of nitrogens with one attached hydrogen (secondary N) is 2. The first-order chi connectivity index (χ1) is 14.3. The van der Waals surface area contributed by atoms with Gasteiger partial charge in [0.2, 0.25) is 0 Å². The molecule has 0 bridgehead atoms. The normalized spacial score (nSPS) is 11.0. The third-order valence-corrected chi connectivity index (χ3v) is 6.08. The molecule has 7 heteroatoms. The van der Waals surface area contributed by atoms with Crippen molar-refractivity contribution in [2.45, 2.75) is 25.3 Å². The Kier molecular flexibility index (Phi) is 6.42. The summed E-state index contributed by atoms with van der Waals surface area (Å²) in [6, 6.07) is 18.9. The zero-order valence-electron chi connectivity index (χ0n) is 17.1. The number of ether oxygens (including phenoxy) is 1. The number of benzene rings is 3. The van der Waals surface area contributed by atoms with Crippen molar-refractivity contribution in [3.05, 3.63) is 89.0 Å². The molecule has 0 saturated heterocycles. The number of amides is 1. The van der Waals surface area contributed by atoms with Crippen molar-refractivity contribution in [2.24, 2.45) is 0 Å². The van der Waals surface area contributed by atoms with Gasteiger partial charge < -0.3 is 10.1 Å². The van der Waals surface area contributed by atoms with Crippen LogP contribution in [0.15, 0.2) is 71.6 Å². The molecule has 3 rings (SSSR count). The van der Waals surface area contributed by atoms with Gasteiger partial charge in [-0.1, -0.05) is 35.9 Å². The molecule has 156 valence electrons. The van der Waals surface area contributed by atoms with E-state index in [1.54, 1.807) is 56.5 Å². The number of carbonyl (C=O) groups is 1. The minimum Gasteiger partial charge on any atom is -0.496 e. The topological polar surface area (TPSA) is 84.5 Å². The highest BCUT2D eigenvalue weighted by Crippen LogP contribution is 2.22. The molecule has 1 amide bonds. The third kappa shape index (κ3) is 4.99. The number of rotatable bonds is 7. The fraction of sp³-hybridized carbons (Fsp3) is 0.174. The van der Waals surface area contributed by atoms with Crippen LogP contribution in [0.2, 0.25) is 0 Å². The van der Waals surface area contributed by atoms with Crippen LogP contribution in [-0.4, -0.2) is 21.4 Å². The first-order valence-corrected chi connectivity index (χ1v) is 10.9. The van der Waals surface area contributed by atoms with Crippen molar-refractivity contribution >= 4 is 21.6 Å². The van der Waals surface area contributed by atoms with Gasteiger partial charge in [0.1, 0.15) is 5.75 Å². The second-order valence-electron chi connectivity index (χ2n) is 6.94. The number of carbonyl (C=O) groups excluding carboxylic acids is 1. The molecule has 2 N–H and O–H groups in total. The van der Waals surface area contributed by atoms with Crippen LogP contribution in [0.25, 0.3) is 0 Å². The Morgan fingerprint density at radius 3 is 2.33 bits per heavy atom. The number of methoxy groups -OCH3 is 1. The predicted molar refractivity (Wildman–Crippen MR) is 117 cm³/mol. The second-order valence-corrected chi connectivity index (χ2v) is 8.63. The molecule has 0 heterocycles. The highest BCUT2D eigenvalue weighted by atomic mass is 32.2. The molecule has 0 fully saturated rings. The minimum atomic E-state index is -3.70. The highest BCUT2D eigenvalue weighted by Gasteiger charge is 2.16. The van der Waals surface area contributed by atoms with Crippen molar-refractivity contribution in [3.8, 4) is 5.75 Å². The van der Waals surface area contributed by atoms with Crippen LogP contribution in [0, 0.1) is 13.8 Å².